The summed E-state index contributed by atoms with van der Waals surface area (Å²) in [5.41, 5.74) is 2.34. The van der Waals surface area contributed by atoms with Crippen LogP contribution in [0.5, 0.6) is 5.75 Å². The number of ether oxygens (including phenoxy) is 1. The monoisotopic (exact) mass is 305 g/mol. The number of hydrogen-bond donors (Lipinski definition) is 0. The topological polar surface area (TPSA) is 39.9 Å². The molecule has 108 valence electrons. The Hall–Kier alpha value is -2.14. The summed E-state index contributed by atoms with van der Waals surface area (Å²) in [6.07, 6.45) is 3.36. The van der Waals surface area contributed by atoms with Gasteiger partial charge >= 0.3 is 0 Å². The fourth-order valence-corrected chi connectivity index (χ4v) is 2.42. The minimum absolute atomic E-state index is 0.177. The van der Waals surface area contributed by atoms with Crippen molar-refractivity contribution in [3.05, 3.63) is 48.3 Å². The van der Waals surface area contributed by atoms with Gasteiger partial charge in [-0.25, -0.2) is 9.37 Å². The molecule has 0 N–H and O–H groups in total. The second kappa shape index (κ2) is 5.33. The number of halogens is 2. The number of benzene rings is 1. The molecular formula is C15H13ClFN3O. The summed E-state index contributed by atoms with van der Waals surface area (Å²) in [6, 6.07) is 6.51. The van der Waals surface area contributed by atoms with Crippen LogP contribution in [-0.4, -0.2) is 21.6 Å². The molecule has 2 aromatic heterocycles. The van der Waals surface area contributed by atoms with Gasteiger partial charge in [0.1, 0.15) is 11.3 Å². The molecular weight excluding hydrogens is 293 g/mol. The van der Waals surface area contributed by atoms with Gasteiger partial charge in [-0.1, -0.05) is 0 Å². The van der Waals surface area contributed by atoms with Crippen LogP contribution in [-0.2, 0) is 0 Å². The van der Waals surface area contributed by atoms with Crippen LogP contribution >= 0.6 is 11.6 Å². The number of fused-ring (bicyclic) bond motifs is 1. The van der Waals surface area contributed by atoms with E-state index >= 15 is 0 Å². The van der Waals surface area contributed by atoms with Crippen molar-refractivity contribution >= 4 is 22.6 Å². The Labute approximate surface area is 126 Å². The third-order valence-corrected chi connectivity index (χ3v) is 3.43. The van der Waals surface area contributed by atoms with Crippen molar-refractivity contribution in [1.82, 2.24) is 14.5 Å². The first kappa shape index (κ1) is 13.8. The molecule has 2 heterocycles. The largest absolute Gasteiger partial charge is 0.494 e. The lowest BCUT2D eigenvalue weighted by Crippen LogP contribution is -2.02. The van der Waals surface area contributed by atoms with E-state index in [0.717, 1.165) is 16.7 Å². The Kier molecular flexibility index (Phi) is 3.51. The standard InChI is InChI=1S/C15H13ClFN3O/c1-9(16)15-19-12-8-18-6-5-13(12)20(15)10-3-4-11(17)14(7-10)21-2/h3-9H,1-2H3. The molecule has 0 saturated carbocycles. The molecule has 1 unspecified atom stereocenters. The molecule has 3 rings (SSSR count). The van der Waals surface area contributed by atoms with Crippen molar-refractivity contribution in [1.29, 1.82) is 0 Å². The lowest BCUT2D eigenvalue weighted by molar-refractivity contribution is 0.386. The van der Waals surface area contributed by atoms with E-state index in [9.17, 15) is 4.39 Å². The molecule has 0 saturated heterocycles. The number of methoxy groups -OCH3 is 1. The number of rotatable bonds is 3. The van der Waals surface area contributed by atoms with E-state index in [-0.39, 0.29) is 11.1 Å². The zero-order valence-electron chi connectivity index (χ0n) is 11.5. The molecule has 0 spiro atoms. The number of hydrogen-bond acceptors (Lipinski definition) is 3. The van der Waals surface area contributed by atoms with Gasteiger partial charge in [0.15, 0.2) is 11.6 Å². The van der Waals surface area contributed by atoms with Crippen LogP contribution in [0.25, 0.3) is 16.7 Å². The van der Waals surface area contributed by atoms with Crippen molar-refractivity contribution in [2.45, 2.75) is 12.3 Å². The zero-order valence-corrected chi connectivity index (χ0v) is 12.3. The van der Waals surface area contributed by atoms with Gasteiger partial charge in [0.05, 0.1) is 29.9 Å². The van der Waals surface area contributed by atoms with Crippen LogP contribution in [0.3, 0.4) is 0 Å². The zero-order chi connectivity index (χ0) is 15.0. The smallest absolute Gasteiger partial charge is 0.165 e. The summed E-state index contributed by atoms with van der Waals surface area (Å²) in [7, 11) is 1.43. The third-order valence-electron chi connectivity index (χ3n) is 3.23. The molecule has 0 amide bonds. The van der Waals surface area contributed by atoms with Gasteiger partial charge in [0, 0.05) is 12.3 Å². The van der Waals surface area contributed by atoms with Gasteiger partial charge in [-0.3, -0.25) is 9.55 Å². The van der Waals surface area contributed by atoms with Crippen LogP contribution in [0, 0.1) is 5.82 Å². The Morgan fingerprint density at radius 2 is 2.14 bits per heavy atom. The maximum Gasteiger partial charge on any atom is 0.165 e. The highest BCUT2D eigenvalue weighted by molar-refractivity contribution is 6.20. The summed E-state index contributed by atoms with van der Waals surface area (Å²) >= 11 is 6.23. The van der Waals surface area contributed by atoms with E-state index in [1.165, 1.54) is 13.2 Å². The molecule has 1 aromatic carbocycles. The van der Waals surface area contributed by atoms with Crippen molar-refractivity contribution in [2.75, 3.05) is 7.11 Å². The minimum atomic E-state index is -0.409. The highest BCUT2D eigenvalue weighted by Crippen LogP contribution is 2.30. The van der Waals surface area contributed by atoms with Crippen LogP contribution in [0.2, 0.25) is 0 Å². The van der Waals surface area contributed by atoms with E-state index < -0.39 is 5.82 Å². The summed E-state index contributed by atoms with van der Waals surface area (Å²) in [5, 5.41) is -0.298. The van der Waals surface area contributed by atoms with Crippen molar-refractivity contribution < 1.29 is 9.13 Å². The molecule has 1 atom stereocenters. The van der Waals surface area contributed by atoms with E-state index in [1.54, 1.807) is 24.5 Å². The summed E-state index contributed by atoms with van der Waals surface area (Å²) in [6.45, 7) is 1.84. The molecule has 6 heteroatoms. The van der Waals surface area contributed by atoms with Crippen LogP contribution < -0.4 is 4.74 Å². The van der Waals surface area contributed by atoms with Crippen LogP contribution in [0.15, 0.2) is 36.7 Å². The second-order valence-electron chi connectivity index (χ2n) is 4.60. The predicted molar refractivity (Wildman–Crippen MR) is 79.6 cm³/mol. The van der Waals surface area contributed by atoms with Crippen LogP contribution in [0.4, 0.5) is 4.39 Å². The van der Waals surface area contributed by atoms with Gasteiger partial charge in [-0.2, -0.15) is 0 Å². The SMILES string of the molecule is COc1cc(-n2c(C(C)Cl)nc3cnccc32)ccc1F. The Morgan fingerprint density at radius 1 is 1.33 bits per heavy atom. The molecule has 21 heavy (non-hydrogen) atoms. The van der Waals surface area contributed by atoms with Crippen molar-refractivity contribution in [3.8, 4) is 11.4 Å². The third kappa shape index (κ3) is 2.34. The highest BCUT2D eigenvalue weighted by atomic mass is 35.5. The van der Waals surface area contributed by atoms with E-state index in [4.69, 9.17) is 16.3 Å². The maximum atomic E-state index is 13.6. The maximum absolute atomic E-state index is 13.6. The van der Waals surface area contributed by atoms with E-state index in [1.807, 2.05) is 17.6 Å². The van der Waals surface area contributed by atoms with E-state index in [2.05, 4.69) is 9.97 Å². The number of alkyl halides is 1. The van der Waals surface area contributed by atoms with E-state index in [0.29, 0.717) is 5.82 Å². The van der Waals surface area contributed by atoms with Crippen molar-refractivity contribution in [2.24, 2.45) is 0 Å². The predicted octanol–water partition coefficient (Wildman–Crippen LogP) is 3.87. The average molecular weight is 306 g/mol. The number of pyridine rings is 1. The Morgan fingerprint density at radius 3 is 2.86 bits per heavy atom. The average Bonchev–Trinajstić information content (AvgIpc) is 2.87. The number of nitrogens with zero attached hydrogens (tertiary/aromatic N) is 3. The fourth-order valence-electron chi connectivity index (χ4n) is 2.28. The highest BCUT2D eigenvalue weighted by Gasteiger charge is 2.17. The second-order valence-corrected chi connectivity index (χ2v) is 5.26. The summed E-state index contributed by atoms with van der Waals surface area (Å²) < 4.78 is 20.5. The Bertz CT molecular complexity index is 801. The molecule has 0 aliphatic carbocycles. The molecule has 0 radical (unpaired) electrons. The van der Waals surface area contributed by atoms with Gasteiger partial charge in [0.25, 0.3) is 0 Å². The Balaban J connectivity index is 2.30. The van der Waals surface area contributed by atoms with Gasteiger partial charge in [-0.15, -0.1) is 11.6 Å². The molecule has 0 aliphatic rings. The first-order chi connectivity index (χ1) is 10.1. The minimum Gasteiger partial charge on any atom is -0.494 e. The van der Waals surface area contributed by atoms with Gasteiger partial charge in [-0.05, 0) is 25.1 Å². The van der Waals surface area contributed by atoms with Gasteiger partial charge in [0.2, 0.25) is 0 Å². The molecule has 0 bridgehead atoms. The molecule has 0 fully saturated rings. The first-order valence-electron chi connectivity index (χ1n) is 6.42. The first-order valence-corrected chi connectivity index (χ1v) is 6.86. The lowest BCUT2D eigenvalue weighted by atomic mass is 10.2. The van der Waals surface area contributed by atoms with Gasteiger partial charge < -0.3 is 4.74 Å². The number of imidazole rings is 1. The molecule has 4 nitrogen and oxygen atoms in total. The quantitative estimate of drug-likeness (QED) is 0.690. The fraction of sp³-hybridized carbons (Fsp3) is 0.200. The molecule has 0 aliphatic heterocycles. The normalized spacial score (nSPS) is 12.6. The summed E-state index contributed by atoms with van der Waals surface area (Å²) in [5.74, 6) is 0.442. The van der Waals surface area contributed by atoms with Crippen LogP contribution in [0.1, 0.15) is 18.1 Å². The van der Waals surface area contributed by atoms with Crippen molar-refractivity contribution in [3.63, 3.8) is 0 Å². The summed E-state index contributed by atoms with van der Waals surface area (Å²) in [4.78, 5) is 8.56. The molecule has 3 aromatic rings. The lowest BCUT2D eigenvalue weighted by Gasteiger charge is -2.12. The number of aromatic nitrogens is 3.